The Morgan fingerprint density at radius 1 is 1.14 bits per heavy atom. The number of aromatic nitrogens is 1. The summed E-state index contributed by atoms with van der Waals surface area (Å²) in [7, 11) is -3.51. The first kappa shape index (κ1) is 19.4. The Labute approximate surface area is 165 Å². The van der Waals surface area contributed by atoms with E-state index >= 15 is 0 Å². The van der Waals surface area contributed by atoms with E-state index in [1.807, 2.05) is 0 Å². The second-order valence-corrected chi connectivity index (χ2v) is 9.53. The summed E-state index contributed by atoms with van der Waals surface area (Å²) in [5.74, 6) is -0.205. The van der Waals surface area contributed by atoms with Crippen molar-refractivity contribution in [3.8, 4) is 0 Å². The van der Waals surface area contributed by atoms with E-state index < -0.39 is 10.0 Å². The fraction of sp³-hybridized carbons (Fsp3) is 0.550. The summed E-state index contributed by atoms with van der Waals surface area (Å²) in [6, 6.07) is 6.72. The number of H-pyrrole nitrogens is 1. The quantitative estimate of drug-likeness (QED) is 0.800. The van der Waals surface area contributed by atoms with E-state index in [2.05, 4.69) is 10.3 Å². The number of ether oxygens (including phenoxy) is 1. The lowest BCUT2D eigenvalue weighted by molar-refractivity contribution is 0.0854. The maximum Gasteiger partial charge on any atom is 0.267 e. The average molecular weight is 406 g/mol. The molecule has 4 rings (SSSR count). The normalized spacial score (nSPS) is 21.6. The molecule has 2 fully saturated rings. The van der Waals surface area contributed by atoms with Crippen LogP contribution in [0.25, 0.3) is 10.9 Å². The number of fused-ring (bicyclic) bond motifs is 1. The van der Waals surface area contributed by atoms with Crippen molar-refractivity contribution in [1.82, 2.24) is 14.6 Å². The van der Waals surface area contributed by atoms with Gasteiger partial charge in [-0.05, 0) is 49.9 Å². The lowest BCUT2D eigenvalue weighted by Gasteiger charge is -2.19. The zero-order valence-corrected chi connectivity index (χ0v) is 16.8. The van der Waals surface area contributed by atoms with Gasteiger partial charge in [-0.25, -0.2) is 8.42 Å². The molecule has 2 N–H and O–H groups in total. The van der Waals surface area contributed by atoms with Crippen molar-refractivity contribution >= 4 is 26.8 Å². The molecule has 8 heteroatoms. The van der Waals surface area contributed by atoms with Crippen LogP contribution in [0, 0.1) is 0 Å². The molecule has 0 aliphatic carbocycles. The van der Waals surface area contributed by atoms with Gasteiger partial charge in [-0.3, -0.25) is 4.79 Å². The number of hydrogen-bond donors (Lipinski definition) is 2. The second kappa shape index (κ2) is 8.23. The molecular weight excluding hydrogens is 378 g/mol. The van der Waals surface area contributed by atoms with E-state index in [-0.39, 0.29) is 16.9 Å². The molecular formula is C20H27N3O4S. The SMILES string of the molecule is O=C(NCC1CCCO1)c1cc2cc(S(=O)(=O)N3CCCCCC3)ccc2[nH]1. The molecule has 3 heterocycles. The molecule has 0 saturated carbocycles. The molecule has 2 aliphatic rings. The van der Waals surface area contributed by atoms with Crippen LogP contribution in [0.3, 0.4) is 0 Å². The Balaban J connectivity index is 1.51. The number of rotatable bonds is 5. The van der Waals surface area contributed by atoms with Gasteiger partial charge < -0.3 is 15.0 Å². The summed E-state index contributed by atoms with van der Waals surface area (Å²) in [5.41, 5.74) is 1.18. The molecule has 7 nitrogen and oxygen atoms in total. The Morgan fingerprint density at radius 3 is 2.64 bits per heavy atom. The van der Waals surface area contributed by atoms with Gasteiger partial charge in [0, 0.05) is 37.1 Å². The molecule has 1 amide bonds. The maximum absolute atomic E-state index is 13.0. The zero-order valence-electron chi connectivity index (χ0n) is 15.9. The molecule has 0 bridgehead atoms. The van der Waals surface area contributed by atoms with E-state index in [0.717, 1.165) is 56.0 Å². The highest BCUT2D eigenvalue weighted by atomic mass is 32.2. The first-order valence-corrected chi connectivity index (χ1v) is 11.5. The van der Waals surface area contributed by atoms with Crippen molar-refractivity contribution in [3.05, 3.63) is 30.0 Å². The monoisotopic (exact) mass is 405 g/mol. The summed E-state index contributed by atoms with van der Waals surface area (Å²) in [4.78, 5) is 15.8. The number of benzene rings is 1. The molecule has 1 atom stereocenters. The Morgan fingerprint density at radius 2 is 1.93 bits per heavy atom. The molecule has 1 unspecified atom stereocenters. The first-order chi connectivity index (χ1) is 13.5. The number of aromatic amines is 1. The standard InChI is InChI=1S/C20H27N3O4S/c24-20(21-14-16-6-5-11-27-16)19-13-15-12-17(7-8-18(15)22-19)28(25,26)23-9-3-1-2-4-10-23/h7-8,12-13,16,22H,1-6,9-11,14H2,(H,21,24). The van der Waals surface area contributed by atoms with Gasteiger partial charge in [-0.1, -0.05) is 12.8 Å². The van der Waals surface area contributed by atoms with Gasteiger partial charge in [0.15, 0.2) is 0 Å². The Kier molecular flexibility index (Phi) is 5.70. The number of sulfonamides is 1. The summed E-state index contributed by atoms with van der Waals surface area (Å²) >= 11 is 0. The van der Waals surface area contributed by atoms with Crippen molar-refractivity contribution in [2.24, 2.45) is 0 Å². The number of amides is 1. The number of carbonyl (C=O) groups is 1. The number of nitrogens with zero attached hydrogens (tertiary/aromatic N) is 1. The third-order valence-corrected chi connectivity index (χ3v) is 7.45. The van der Waals surface area contributed by atoms with Crippen molar-refractivity contribution in [2.45, 2.75) is 49.5 Å². The van der Waals surface area contributed by atoms with Gasteiger partial charge in [0.2, 0.25) is 10.0 Å². The molecule has 0 radical (unpaired) electrons. The lowest BCUT2D eigenvalue weighted by Crippen LogP contribution is -2.31. The topological polar surface area (TPSA) is 91.5 Å². The van der Waals surface area contributed by atoms with Crippen LogP contribution in [0.2, 0.25) is 0 Å². The van der Waals surface area contributed by atoms with Crippen LogP contribution in [-0.4, -0.2) is 56.0 Å². The molecule has 2 saturated heterocycles. The molecule has 0 spiro atoms. The van der Waals surface area contributed by atoms with Crippen molar-refractivity contribution in [1.29, 1.82) is 0 Å². The van der Waals surface area contributed by atoms with Crippen molar-refractivity contribution in [3.63, 3.8) is 0 Å². The van der Waals surface area contributed by atoms with Gasteiger partial charge in [-0.2, -0.15) is 4.31 Å². The molecule has 2 aromatic rings. The second-order valence-electron chi connectivity index (χ2n) is 7.60. The van der Waals surface area contributed by atoms with Crippen LogP contribution >= 0.6 is 0 Å². The predicted molar refractivity (Wildman–Crippen MR) is 107 cm³/mol. The average Bonchev–Trinajstić information content (AvgIpc) is 3.28. The molecule has 1 aromatic heterocycles. The maximum atomic E-state index is 13.0. The number of carbonyl (C=O) groups excluding carboxylic acids is 1. The summed E-state index contributed by atoms with van der Waals surface area (Å²) in [5, 5.41) is 3.60. The van der Waals surface area contributed by atoms with Gasteiger partial charge in [-0.15, -0.1) is 0 Å². The molecule has 2 aliphatic heterocycles. The van der Waals surface area contributed by atoms with Gasteiger partial charge in [0.05, 0.1) is 11.0 Å². The fourth-order valence-electron chi connectivity index (χ4n) is 3.93. The largest absolute Gasteiger partial charge is 0.376 e. The van der Waals surface area contributed by atoms with E-state index in [1.165, 1.54) is 0 Å². The van der Waals surface area contributed by atoms with E-state index in [9.17, 15) is 13.2 Å². The van der Waals surface area contributed by atoms with Crippen LogP contribution < -0.4 is 5.32 Å². The van der Waals surface area contributed by atoms with Gasteiger partial charge in [0.25, 0.3) is 5.91 Å². The third kappa shape index (κ3) is 4.09. The van der Waals surface area contributed by atoms with Crippen LogP contribution in [-0.2, 0) is 14.8 Å². The van der Waals surface area contributed by atoms with E-state index in [4.69, 9.17) is 4.74 Å². The Hall–Kier alpha value is -1.90. The summed E-state index contributed by atoms with van der Waals surface area (Å²) < 4.78 is 33.1. The minimum Gasteiger partial charge on any atom is -0.376 e. The third-order valence-electron chi connectivity index (χ3n) is 5.55. The predicted octanol–water partition coefficient (Wildman–Crippen LogP) is 2.64. The van der Waals surface area contributed by atoms with Crippen molar-refractivity contribution in [2.75, 3.05) is 26.2 Å². The minimum atomic E-state index is -3.51. The van der Waals surface area contributed by atoms with Crippen molar-refractivity contribution < 1.29 is 17.9 Å². The smallest absolute Gasteiger partial charge is 0.267 e. The zero-order chi connectivity index (χ0) is 19.6. The lowest BCUT2D eigenvalue weighted by atomic mass is 10.2. The van der Waals surface area contributed by atoms with E-state index in [0.29, 0.717) is 25.3 Å². The van der Waals surface area contributed by atoms with Gasteiger partial charge in [0.1, 0.15) is 5.69 Å². The fourth-order valence-corrected chi connectivity index (χ4v) is 5.48. The highest BCUT2D eigenvalue weighted by molar-refractivity contribution is 7.89. The van der Waals surface area contributed by atoms with Crippen LogP contribution in [0.5, 0.6) is 0 Å². The first-order valence-electron chi connectivity index (χ1n) is 10.1. The van der Waals surface area contributed by atoms with Crippen LogP contribution in [0.4, 0.5) is 0 Å². The number of nitrogens with one attached hydrogen (secondary N) is 2. The minimum absolute atomic E-state index is 0.0821. The van der Waals surface area contributed by atoms with E-state index in [1.54, 1.807) is 28.6 Å². The molecule has 1 aromatic carbocycles. The summed E-state index contributed by atoms with van der Waals surface area (Å²) in [6.45, 7) is 2.39. The Bertz CT molecular complexity index is 940. The summed E-state index contributed by atoms with van der Waals surface area (Å²) in [6.07, 6.45) is 6.03. The van der Waals surface area contributed by atoms with Crippen LogP contribution in [0.15, 0.2) is 29.2 Å². The van der Waals surface area contributed by atoms with Gasteiger partial charge >= 0.3 is 0 Å². The molecule has 152 valence electrons. The molecule has 28 heavy (non-hydrogen) atoms. The highest BCUT2D eigenvalue weighted by Crippen LogP contribution is 2.24. The number of hydrogen-bond acceptors (Lipinski definition) is 4. The highest BCUT2D eigenvalue weighted by Gasteiger charge is 2.25. The van der Waals surface area contributed by atoms with Crippen LogP contribution in [0.1, 0.15) is 49.0 Å².